The minimum Gasteiger partial charge on any atom is -0.396 e. The Morgan fingerprint density at radius 2 is 2.15 bits per heavy atom. The molecular weight excluding hydrogens is 350 g/mol. The van der Waals surface area contributed by atoms with Crippen molar-refractivity contribution in [2.75, 3.05) is 29.9 Å². The van der Waals surface area contributed by atoms with Gasteiger partial charge in [0.15, 0.2) is 10.8 Å². The van der Waals surface area contributed by atoms with Crippen molar-refractivity contribution < 1.29 is 9.90 Å². The van der Waals surface area contributed by atoms with E-state index >= 15 is 0 Å². The maximum Gasteiger partial charge on any atom is 0.267 e. The fraction of sp³-hybridized carbons (Fsp3) is 0.389. The van der Waals surface area contributed by atoms with Gasteiger partial charge in [0.05, 0.1) is 5.69 Å². The van der Waals surface area contributed by atoms with Gasteiger partial charge >= 0.3 is 0 Å². The summed E-state index contributed by atoms with van der Waals surface area (Å²) in [6.07, 6.45) is 7.20. The van der Waals surface area contributed by atoms with Crippen LogP contribution in [0, 0.1) is 12.8 Å². The summed E-state index contributed by atoms with van der Waals surface area (Å²) in [7, 11) is 0. The molecule has 0 atom stereocenters. The number of imidazole rings is 1. The number of hydrogen-bond acceptors (Lipinski definition) is 6. The summed E-state index contributed by atoms with van der Waals surface area (Å²) >= 11 is 1.38. The molecule has 26 heavy (non-hydrogen) atoms. The van der Waals surface area contributed by atoms with Gasteiger partial charge in [-0.3, -0.25) is 9.20 Å². The molecule has 1 aliphatic rings. The van der Waals surface area contributed by atoms with Gasteiger partial charge in [-0.15, -0.1) is 0 Å². The molecule has 0 saturated carbocycles. The number of hydrogen-bond donors (Lipinski definition) is 2. The molecule has 8 heteroatoms. The number of aryl methyl sites for hydroxylation is 1. The molecule has 2 N–H and O–H groups in total. The van der Waals surface area contributed by atoms with Crippen molar-refractivity contribution in [1.82, 2.24) is 14.4 Å². The third-order valence-corrected chi connectivity index (χ3v) is 6.07. The molecule has 0 aliphatic carbocycles. The first-order valence-corrected chi connectivity index (χ1v) is 9.53. The van der Waals surface area contributed by atoms with Crippen LogP contribution in [0.3, 0.4) is 0 Å². The van der Waals surface area contributed by atoms with Crippen molar-refractivity contribution >= 4 is 33.7 Å². The second-order valence-electron chi connectivity index (χ2n) is 6.54. The van der Waals surface area contributed by atoms with Gasteiger partial charge in [0.2, 0.25) is 0 Å². The number of aliphatic hydroxyl groups is 1. The maximum absolute atomic E-state index is 12.8. The van der Waals surface area contributed by atoms with Gasteiger partial charge in [-0.1, -0.05) is 11.3 Å². The zero-order valence-corrected chi connectivity index (χ0v) is 15.4. The minimum absolute atomic E-state index is 0.141. The number of amides is 1. The van der Waals surface area contributed by atoms with Crippen LogP contribution in [0.2, 0.25) is 0 Å². The number of carbonyl (C=O) groups is 1. The van der Waals surface area contributed by atoms with Crippen molar-refractivity contribution in [2.45, 2.75) is 19.8 Å². The number of rotatable bonds is 4. The van der Waals surface area contributed by atoms with Crippen molar-refractivity contribution in [3.8, 4) is 0 Å². The lowest BCUT2D eigenvalue weighted by atomic mass is 9.98. The molecule has 0 unspecified atom stereocenters. The van der Waals surface area contributed by atoms with Gasteiger partial charge in [-0.05, 0) is 37.8 Å². The van der Waals surface area contributed by atoms with Crippen molar-refractivity contribution in [3.63, 3.8) is 0 Å². The monoisotopic (exact) mass is 371 g/mol. The molecule has 0 bridgehead atoms. The van der Waals surface area contributed by atoms with Crippen LogP contribution in [0.4, 0.5) is 11.5 Å². The van der Waals surface area contributed by atoms with Crippen molar-refractivity contribution in [3.05, 3.63) is 41.3 Å². The van der Waals surface area contributed by atoms with E-state index in [2.05, 4.69) is 20.2 Å². The number of nitrogens with one attached hydrogen (secondary N) is 1. The zero-order valence-electron chi connectivity index (χ0n) is 14.6. The normalized spacial score (nSPS) is 15.5. The van der Waals surface area contributed by atoms with Crippen LogP contribution in [0.5, 0.6) is 0 Å². The SMILES string of the molecule is Cc1c(C(=O)Nc2cccnc2N2CCC(CO)CC2)sc2nccn12. The number of nitrogens with zero attached hydrogens (tertiary/aromatic N) is 4. The molecule has 4 rings (SSSR count). The van der Waals surface area contributed by atoms with Gasteiger partial charge in [0.25, 0.3) is 5.91 Å². The second kappa shape index (κ2) is 7.05. The number of fused-ring (bicyclic) bond motifs is 1. The average Bonchev–Trinajstić information content (AvgIpc) is 3.25. The Morgan fingerprint density at radius 1 is 1.35 bits per heavy atom. The minimum atomic E-state index is -0.141. The Balaban J connectivity index is 1.56. The highest BCUT2D eigenvalue weighted by Gasteiger charge is 2.23. The first-order chi connectivity index (χ1) is 12.7. The van der Waals surface area contributed by atoms with Crippen LogP contribution in [0.15, 0.2) is 30.7 Å². The Hall–Kier alpha value is -2.45. The largest absolute Gasteiger partial charge is 0.396 e. The number of aliphatic hydroxyl groups excluding tert-OH is 1. The summed E-state index contributed by atoms with van der Waals surface area (Å²) in [4.78, 5) is 25.2. The highest BCUT2D eigenvalue weighted by molar-refractivity contribution is 7.19. The number of pyridine rings is 1. The number of thiazole rings is 1. The number of piperidine rings is 1. The third kappa shape index (κ3) is 3.06. The summed E-state index contributed by atoms with van der Waals surface area (Å²) in [6, 6.07) is 3.71. The summed E-state index contributed by atoms with van der Waals surface area (Å²) in [5.74, 6) is 1.01. The van der Waals surface area contributed by atoms with E-state index in [9.17, 15) is 9.90 Å². The molecule has 0 spiro atoms. The van der Waals surface area contributed by atoms with Crippen molar-refractivity contribution in [2.24, 2.45) is 5.92 Å². The van der Waals surface area contributed by atoms with E-state index in [1.54, 1.807) is 12.4 Å². The molecule has 1 saturated heterocycles. The second-order valence-corrected chi connectivity index (χ2v) is 7.52. The lowest BCUT2D eigenvalue weighted by Gasteiger charge is -2.33. The van der Waals surface area contributed by atoms with E-state index in [4.69, 9.17) is 0 Å². The topological polar surface area (TPSA) is 82.8 Å². The number of carbonyl (C=O) groups excluding carboxylic acids is 1. The summed E-state index contributed by atoms with van der Waals surface area (Å²) in [6.45, 7) is 3.82. The highest BCUT2D eigenvalue weighted by Crippen LogP contribution is 2.29. The van der Waals surface area contributed by atoms with Crippen LogP contribution in [0.1, 0.15) is 28.2 Å². The van der Waals surface area contributed by atoms with Crippen LogP contribution in [-0.2, 0) is 0 Å². The first kappa shape index (κ1) is 17.0. The predicted octanol–water partition coefficient (Wildman–Crippen LogP) is 2.56. The Bertz CT molecular complexity index is 927. The highest BCUT2D eigenvalue weighted by atomic mass is 32.1. The molecule has 1 amide bonds. The van der Waals surface area contributed by atoms with E-state index in [0.29, 0.717) is 16.5 Å². The Morgan fingerprint density at radius 3 is 2.88 bits per heavy atom. The smallest absolute Gasteiger partial charge is 0.267 e. The molecule has 1 aliphatic heterocycles. The first-order valence-electron chi connectivity index (χ1n) is 8.72. The van der Waals surface area contributed by atoms with E-state index in [1.807, 2.05) is 29.7 Å². The molecule has 3 aromatic rings. The summed E-state index contributed by atoms with van der Waals surface area (Å²) < 4.78 is 1.92. The molecule has 4 heterocycles. The third-order valence-electron chi connectivity index (χ3n) is 4.90. The Labute approximate surface area is 155 Å². The predicted molar refractivity (Wildman–Crippen MR) is 102 cm³/mol. The van der Waals surface area contributed by atoms with Crippen LogP contribution in [-0.4, -0.2) is 45.1 Å². The van der Waals surface area contributed by atoms with E-state index in [-0.39, 0.29) is 12.5 Å². The van der Waals surface area contributed by atoms with E-state index in [0.717, 1.165) is 42.4 Å². The zero-order chi connectivity index (χ0) is 18.1. The van der Waals surface area contributed by atoms with Crippen molar-refractivity contribution in [1.29, 1.82) is 0 Å². The fourth-order valence-corrected chi connectivity index (χ4v) is 4.34. The average molecular weight is 371 g/mol. The summed E-state index contributed by atoms with van der Waals surface area (Å²) in [5.41, 5.74) is 1.60. The van der Waals surface area contributed by atoms with Crippen LogP contribution in [0.25, 0.3) is 4.96 Å². The van der Waals surface area contributed by atoms with Gasteiger partial charge in [0, 0.05) is 44.0 Å². The number of anilines is 2. The molecule has 7 nitrogen and oxygen atoms in total. The lowest BCUT2D eigenvalue weighted by Crippen LogP contribution is -2.35. The van der Waals surface area contributed by atoms with Gasteiger partial charge in [-0.25, -0.2) is 9.97 Å². The molecular formula is C18H21N5O2S. The molecule has 136 valence electrons. The van der Waals surface area contributed by atoms with Crippen LogP contribution < -0.4 is 10.2 Å². The molecule has 0 radical (unpaired) electrons. The number of aromatic nitrogens is 3. The van der Waals surface area contributed by atoms with E-state index < -0.39 is 0 Å². The Kier molecular flexibility index (Phi) is 4.60. The van der Waals surface area contributed by atoms with Crippen LogP contribution >= 0.6 is 11.3 Å². The molecule has 1 fully saturated rings. The maximum atomic E-state index is 12.8. The molecule has 0 aromatic carbocycles. The molecule has 3 aromatic heterocycles. The summed E-state index contributed by atoms with van der Waals surface area (Å²) in [5, 5.41) is 12.3. The fourth-order valence-electron chi connectivity index (χ4n) is 3.36. The van der Waals surface area contributed by atoms with Gasteiger partial charge < -0.3 is 15.3 Å². The van der Waals surface area contributed by atoms with E-state index in [1.165, 1.54) is 11.3 Å². The standard InChI is InChI=1S/C18H21N5O2S/c1-12-15(26-18-20-7-10-23(12)18)17(25)21-14-3-2-6-19-16(14)22-8-4-13(11-24)5-9-22/h2-3,6-7,10,13,24H,4-5,8-9,11H2,1H3,(H,21,25). The van der Waals surface area contributed by atoms with Gasteiger partial charge in [0.1, 0.15) is 4.88 Å². The van der Waals surface area contributed by atoms with Gasteiger partial charge in [-0.2, -0.15) is 0 Å². The lowest BCUT2D eigenvalue weighted by molar-refractivity contribution is 0.102. The quantitative estimate of drug-likeness (QED) is 0.736.